The first-order valence-electron chi connectivity index (χ1n) is 9.34. The lowest BCUT2D eigenvalue weighted by Crippen LogP contribution is -2.34. The number of carbonyl (C=O) groups excluding carboxylic acids is 1. The quantitative estimate of drug-likeness (QED) is 0.414. The van der Waals surface area contributed by atoms with Gasteiger partial charge in [0.1, 0.15) is 0 Å². The maximum absolute atomic E-state index is 13.0. The Hall–Kier alpha value is -1.59. The van der Waals surface area contributed by atoms with Gasteiger partial charge in [-0.1, -0.05) is 55.8 Å². The Bertz CT molecular complexity index is 947. The summed E-state index contributed by atoms with van der Waals surface area (Å²) in [6.07, 6.45) is 2.24. The van der Waals surface area contributed by atoms with Crippen LogP contribution in [-0.4, -0.2) is 16.2 Å². The van der Waals surface area contributed by atoms with E-state index in [4.69, 9.17) is 0 Å². The number of fused-ring (bicyclic) bond motifs is 1. The molecule has 1 N–H and O–H groups in total. The van der Waals surface area contributed by atoms with E-state index < -0.39 is 5.97 Å². The molecule has 0 amide bonds. The average molecular weight is 461 g/mol. The molecule has 0 bridgehead atoms. The van der Waals surface area contributed by atoms with E-state index in [2.05, 4.69) is 55.8 Å². The van der Waals surface area contributed by atoms with Crippen LogP contribution in [0.15, 0.2) is 41.3 Å². The SMILES string of the molecule is CC1(C)CCC(C)(C)c2cc(C(=O)Sc3ccc(C(=O)O)cc3CBr)ccc21. The van der Waals surface area contributed by atoms with E-state index in [0.717, 1.165) is 35.1 Å². The first-order valence-corrected chi connectivity index (χ1v) is 11.3. The third-order valence-electron chi connectivity index (χ3n) is 5.74. The molecule has 0 aromatic heterocycles. The zero-order valence-electron chi connectivity index (χ0n) is 16.6. The van der Waals surface area contributed by atoms with Crippen molar-refractivity contribution in [3.05, 3.63) is 64.2 Å². The fourth-order valence-electron chi connectivity index (χ4n) is 3.79. The van der Waals surface area contributed by atoms with Gasteiger partial charge in [-0.15, -0.1) is 0 Å². The highest BCUT2D eigenvalue weighted by Gasteiger charge is 2.37. The minimum atomic E-state index is -0.968. The van der Waals surface area contributed by atoms with Crippen LogP contribution in [0.25, 0.3) is 0 Å². The molecule has 2 aromatic rings. The summed E-state index contributed by atoms with van der Waals surface area (Å²) in [5, 5.41) is 9.64. The van der Waals surface area contributed by atoms with Gasteiger partial charge in [0.15, 0.2) is 0 Å². The second-order valence-corrected chi connectivity index (χ2v) is 10.3. The molecule has 0 saturated heterocycles. The number of hydrogen-bond donors (Lipinski definition) is 1. The largest absolute Gasteiger partial charge is 0.478 e. The molecular formula is C23H25BrO3S. The van der Waals surface area contributed by atoms with Gasteiger partial charge < -0.3 is 5.11 Å². The molecule has 28 heavy (non-hydrogen) atoms. The number of hydrogen-bond acceptors (Lipinski definition) is 3. The van der Waals surface area contributed by atoms with Crippen LogP contribution < -0.4 is 0 Å². The maximum atomic E-state index is 13.0. The normalized spacial score (nSPS) is 17.0. The summed E-state index contributed by atoms with van der Waals surface area (Å²) in [4.78, 5) is 25.0. The smallest absolute Gasteiger partial charge is 0.335 e. The van der Waals surface area contributed by atoms with Gasteiger partial charge in [-0.25, -0.2) is 4.79 Å². The molecule has 0 atom stereocenters. The summed E-state index contributed by atoms with van der Waals surface area (Å²) < 4.78 is 0. The zero-order chi connectivity index (χ0) is 20.7. The summed E-state index contributed by atoms with van der Waals surface area (Å²) >= 11 is 4.55. The van der Waals surface area contributed by atoms with Crippen molar-refractivity contribution < 1.29 is 14.7 Å². The third-order valence-corrected chi connectivity index (χ3v) is 7.39. The highest BCUT2D eigenvalue weighted by atomic mass is 79.9. The lowest BCUT2D eigenvalue weighted by molar-refractivity contribution is 0.0696. The van der Waals surface area contributed by atoms with E-state index in [1.54, 1.807) is 18.2 Å². The summed E-state index contributed by atoms with van der Waals surface area (Å²) in [7, 11) is 0. The van der Waals surface area contributed by atoms with Crippen LogP contribution in [-0.2, 0) is 16.2 Å². The molecule has 1 aliphatic rings. The first-order chi connectivity index (χ1) is 13.0. The molecule has 0 unspecified atom stereocenters. The predicted molar refractivity (Wildman–Crippen MR) is 118 cm³/mol. The fourth-order valence-corrected chi connectivity index (χ4v) is 5.28. The van der Waals surface area contributed by atoms with Crippen molar-refractivity contribution in [2.45, 2.75) is 61.6 Å². The van der Waals surface area contributed by atoms with Crippen LogP contribution in [0, 0.1) is 0 Å². The van der Waals surface area contributed by atoms with E-state index in [1.165, 1.54) is 11.1 Å². The van der Waals surface area contributed by atoms with Gasteiger partial charge in [-0.05, 0) is 76.4 Å². The molecule has 0 spiro atoms. The highest BCUT2D eigenvalue weighted by Crippen LogP contribution is 2.46. The lowest BCUT2D eigenvalue weighted by atomic mass is 9.63. The number of thioether (sulfide) groups is 1. The molecule has 0 aliphatic heterocycles. The van der Waals surface area contributed by atoms with Crippen LogP contribution in [0.5, 0.6) is 0 Å². The molecule has 3 nitrogen and oxygen atoms in total. The molecule has 5 heteroatoms. The molecule has 0 saturated carbocycles. The van der Waals surface area contributed by atoms with Crippen LogP contribution >= 0.6 is 27.7 Å². The Balaban J connectivity index is 1.93. The number of rotatable bonds is 4. The number of alkyl halides is 1. The number of carbonyl (C=O) groups is 2. The zero-order valence-corrected chi connectivity index (χ0v) is 19.0. The van der Waals surface area contributed by atoms with E-state index in [1.807, 2.05) is 6.07 Å². The monoisotopic (exact) mass is 460 g/mol. The molecule has 1 aliphatic carbocycles. The van der Waals surface area contributed by atoms with E-state index in [9.17, 15) is 14.7 Å². The Morgan fingerprint density at radius 1 is 0.964 bits per heavy atom. The summed E-state index contributed by atoms with van der Waals surface area (Å²) in [6.45, 7) is 9.03. The molecule has 0 fully saturated rings. The molecule has 0 heterocycles. The standard InChI is InChI=1S/C23H25BrO3S/c1-22(2)9-10-23(3,4)18-12-15(5-7-17(18)22)21(27)28-19-8-6-14(20(25)26)11-16(19)13-24/h5-8,11-12H,9-10,13H2,1-4H3,(H,25,26). The van der Waals surface area contributed by atoms with Crippen molar-refractivity contribution in [1.29, 1.82) is 0 Å². The molecule has 3 rings (SSSR count). The Labute approximate surface area is 179 Å². The number of carboxylic acid groups (broad SMARTS) is 1. The Kier molecular flexibility index (Phi) is 5.79. The van der Waals surface area contributed by atoms with Gasteiger partial charge >= 0.3 is 5.97 Å². The van der Waals surface area contributed by atoms with Crippen molar-refractivity contribution in [3.63, 3.8) is 0 Å². The third kappa shape index (κ3) is 4.06. The van der Waals surface area contributed by atoms with E-state index in [-0.39, 0.29) is 21.5 Å². The molecule has 2 aromatic carbocycles. The number of benzene rings is 2. The van der Waals surface area contributed by atoms with Crippen molar-refractivity contribution in [2.24, 2.45) is 0 Å². The Morgan fingerprint density at radius 2 is 1.57 bits per heavy atom. The van der Waals surface area contributed by atoms with Gasteiger partial charge in [-0.3, -0.25) is 4.79 Å². The van der Waals surface area contributed by atoms with Crippen molar-refractivity contribution >= 4 is 38.8 Å². The van der Waals surface area contributed by atoms with Crippen LogP contribution in [0.4, 0.5) is 0 Å². The highest BCUT2D eigenvalue weighted by molar-refractivity contribution is 9.08. The first kappa shape index (κ1) is 21.1. The average Bonchev–Trinajstić information content (AvgIpc) is 2.65. The number of halogens is 1. The fraction of sp³-hybridized carbons (Fsp3) is 0.391. The van der Waals surface area contributed by atoms with Gasteiger partial charge in [0.25, 0.3) is 0 Å². The summed E-state index contributed by atoms with van der Waals surface area (Å²) in [5.41, 5.74) is 4.49. The second kappa shape index (κ2) is 7.68. The minimum Gasteiger partial charge on any atom is -0.478 e. The van der Waals surface area contributed by atoms with Crippen LogP contribution in [0.3, 0.4) is 0 Å². The van der Waals surface area contributed by atoms with Crippen LogP contribution in [0.1, 0.15) is 77.9 Å². The molecule has 148 valence electrons. The molecule has 0 radical (unpaired) electrons. The van der Waals surface area contributed by atoms with Gasteiger partial charge in [0, 0.05) is 15.8 Å². The van der Waals surface area contributed by atoms with Gasteiger partial charge in [-0.2, -0.15) is 0 Å². The van der Waals surface area contributed by atoms with Crippen molar-refractivity contribution in [1.82, 2.24) is 0 Å². The predicted octanol–water partition coefficient (Wildman–Crippen LogP) is 6.56. The van der Waals surface area contributed by atoms with Crippen molar-refractivity contribution in [3.8, 4) is 0 Å². The van der Waals surface area contributed by atoms with E-state index >= 15 is 0 Å². The molecular weight excluding hydrogens is 436 g/mol. The topological polar surface area (TPSA) is 54.4 Å². The maximum Gasteiger partial charge on any atom is 0.335 e. The van der Waals surface area contributed by atoms with Gasteiger partial charge in [0.2, 0.25) is 5.12 Å². The van der Waals surface area contributed by atoms with Gasteiger partial charge in [0.05, 0.1) is 5.56 Å². The summed E-state index contributed by atoms with van der Waals surface area (Å²) in [5.74, 6) is -0.968. The number of aromatic carboxylic acids is 1. The Morgan fingerprint density at radius 3 is 2.18 bits per heavy atom. The lowest BCUT2D eigenvalue weighted by Gasteiger charge is -2.42. The van der Waals surface area contributed by atoms with Crippen LogP contribution in [0.2, 0.25) is 0 Å². The minimum absolute atomic E-state index is 0.0211. The summed E-state index contributed by atoms with van der Waals surface area (Å²) in [6, 6.07) is 11.0. The van der Waals surface area contributed by atoms with E-state index in [0.29, 0.717) is 10.9 Å². The second-order valence-electron chi connectivity index (χ2n) is 8.68. The van der Waals surface area contributed by atoms with Crippen molar-refractivity contribution in [2.75, 3.05) is 0 Å². The number of carboxylic acids is 1.